The van der Waals surface area contributed by atoms with Gasteiger partial charge < -0.3 is 10.0 Å². The monoisotopic (exact) mass is 359 g/mol. The number of halogens is 3. The van der Waals surface area contributed by atoms with Crippen LogP contribution < -0.4 is 10.5 Å². The Hall–Kier alpha value is -1.27. The molecule has 1 saturated heterocycles. The van der Waals surface area contributed by atoms with Crippen LogP contribution in [-0.2, 0) is 0 Å². The maximum absolute atomic E-state index is 12.1. The lowest BCUT2D eigenvalue weighted by Crippen LogP contribution is -2.23. The predicted octanol–water partition coefficient (Wildman–Crippen LogP) is 2.76. The van der Waals surface area contributed by atoms with Crippen molar-refractivity contribution in [3.05, 3.63) is 49.8 Å². The molecule has 8 heteroatoms. The predicted molar refractivity (Wildman–Crippen MR) is 87.7 cm³/mol. The molecule has 22 heavy (non-hydrogen) atoms. The number of aromatic nitrogens is 2. The normalized spacial score (nSPS) is 18.0. The number of nitrogens with zero attached hydrogens (tertiary/aromatic N) is 3. The van der Waals surface area contributed by atoms with Crippen LogP contribution in [0.1, 0.15) is 6.42 Å². The highest BCUT2D eigenvalue weighted by Gasteiger charge is 2.22. The van der Waals surface area contributed by atoms with E-state index in [9.17, 15) is 9.90 Å². The van der Waals surface area contributed by atoms with E-state index in [0.29, 0.717) is 23.7 Å². The van der Waals surface area contributed by atoms with E-state index in [1.807, 2.05) is 4.90 Å². The Morgan fingerprint density at radius 3 is 2.64 bits per heavy atom. The van der Waals surface area contributed by atoms with E-state index >= 15 is 0 Å². The highest BCUT2D eigenvalue weighted by molar-refractivity contribution is 6.41. The van der Waals surface area contributed by atoms with Crippen LogP contribution in [0, 0.1) is 0 Å². The van der Waals surface area contributed by atoms with Crippen LogP contribution in [0.2, 0.25) is 15.1 Å². The van der Waals surface area contributed by atoms with E-state index in [1.165, 1.54) is 6.20 Å². The molecule has 0 spiro atoms. The summed E-state index contributed by atoms with van der Waals surface area (Å²) in [5, 5.41) is 14.1. The topological polar surface area (TPSA) is 58.4 Å². The van der Waals surface area contributed by atoms with Gasteiger partial charge in [0, 0.05) is 13.1 Å². The van der Waals surface area contributed by atoms with Crippen molar-refractivity contribution in [1.29, 1.82) is 0 Å². The van der Waals surface area contributed by atoms with Gasteiger partial charge in [-0.2, -0.15) is 9.78 Å². The minimum Gasteiger partial charge on any atom is -0.391 e. The molecule has 1 aliphatic rings. The second-order valence-electron chi connectivity index (χ2n) is 5.05. The molecule has 0 radical (unpaired) electrons. The zero-order valence-electron chi connectivity index (χ0n) is 11.3. The Labute approximate surface area is 141 Å². The molecular weight excluding hydrogens is 349 g/mol. The van der Waals surface area contributed by atoms with Crippen molar-refractivity contribution in [2.45, 2.75) is 12.5 Å². The molecule has 2 aromatic rings. The van der Waals surface area contributed by atoms with Gasteiger partial charge in [0.05, 0.1) is 33.7 Å². The summed E-state index contributed by atoms with van der Waals surface area (Å²) >= 11 is 17.9. The smallest absolute Gasteiger partial charge is 0.291 e. The van der Waals surface area contributed by atoms with Gasteiger partial charge >= 0.3 is 0 Å². The summed E-state index contributed by atoms with van der Waals surface area (Å²) in [4.78, 5) is 14.1. The van der Waals surface area contributed by atoms with Gasteiger partial charge in [-0.25, -0.2) is 0 Å². The molecule has 1 atom stereocenters. The van der Waals surface area contributed by atoms with E-state index in [4.69, 9.17) is 34.8 Å². The quantitative estimate of drug-likeness (QED) is 0.895. The molecule has 0 amide bonds. The van der Waals surface area contributed by atoms with Gasteiger partial charge in [0.25, 0.3) is 5.56 Å². The number of anilines is 1. The molecule has 0 saturated carbocycles. The maximum atomic E-state index is 12.1. The fraction of sp³-hybridized carbons (Fsp3) is 0.286. The summed E-state index contributed by atoms with van der Waals surface area (Å²) in [5.74, 6) is 0. The first-order valence-corrected chi connectivity index (χ1v) is 7.77. The van der Waals surface area contributed by atoms with Gasteiger partial charge in [-0.1, -0.05) is 34.8 Å². The maximum Gasteiger partial charge on any atom is 0.291 e. The SMILES string of the molecule is O=c1c(Cl)c(Cl)cnn1-c1ccc(N2CC[C@@H](O)C2)c(Cl)c1. The average molecular weight is 361 g/mol. The number of aliphatic hydroxyl groups is 1. The third kappa shape index (κ3) is 2.82. The molecule has 1 N–H and O–H groups in total. The molecule has 116 valence electrons. The zero-order chi connectivity index (χ0) is 15.9. The molecule has 1 aliphatic heterocycles. The summed E-state index contributed by atoms with van der Waals surface area (Å²) in [6.45, 7) is 1.29. The Balaban J connectivity index is 1.99. The third-order valence-electron chi connectivity index (χ3n) is 3.56. The van der Waals surface area contributed by atoms with E-state index in [2.05, 4.69) is 5.10 Å². The number of hydrogen-bond donors (Lipinski definition) is 1. The van der Waals surface area contributed by atoms with Crippen molar-refractivity contribution in [3.8, 4) is 5.69 Å². The molecular formula is C14H12Cl3N3O2. The molecule has 0 aliphatic carbocycles. The van der Waals surface area contributed by atoms with Gasteiger partial charge in [0.15, 0.2) is 0 Å². The number of hydrogen-bond acceptors (Lipinski definition) is 4. The van der Waals surface area contributed by atoms with E-state index in [0.717, 1.165) is 16.9 Å². The second kappa shape index (κ2) is 6.08. The van der Waals surface area contributed by atoms with Crippen molar-refractivity contribution in [2.24, 2.45) is 0 Å². The lowest BCUT2D eigenvalue weighted by atomic mass is 10.2. The van der Waals surface area contributed by atoms with Gasteiger partial charge in [0.2, 0.25) is 0 Å². The first-order chi connectivity index (χ1) is 10.5. The van der Waals surface area contributed by atoms with Crippen molar-refractivity contribution < 1.29 is 5.11 Å². The Bertz CT molecular complexity index is 778. The highest BCUT2D eigenvalue weighted by atomic mass is 35.5. The van der Waals surface area contributed by atoms with E-state index in [-0.39, 0.29) is 16.1 Å². The first kappa shape index (κ1) is 15.6. The summed E-state index contributed by atoms with van der Waals surface area (Å²) < 4.78 is 1.14. The molecule has 1 aromatic carbocycles. The highest BCUT2D eigenvalue weighted by Crippen LogP contribution is 2.30. The number of aliphatic hydroxyl groups excluding tert-OH is 1. The minimum atomic E-state index is -0.505. The van der Waals surface area contributed by atoms with Crippen LogP contribution in [0.3, 0.4) is 0 Å². The van der Waals surface area contributed by atoms with Crippen molar-refractivity contribution in [1.82, 2.24) is 9.78 Å². The molecule has 2 heterocycles. The summed E-state index contributed by atoms with van der Waals surface area (Å²) in [6.07, 6.45) is 1.69. The van der Waals surface area contributed by atoms with Crippen LogP contribution in [0.15, 0.2) is 29.2 Å². The fourth-order valence-electron chi connectivity index (χ4n) is 2.44. The Morgan fingerprint density at radius 1 is 1.23 bits per heavy atom. The van der Waals surface area contributed by atoms with E-state index < -0.39 is 5.56 Å². The zero-order valence-corrected chi connectivity index (χ0v) is 13.6. The molecule has 3 rings (SSSR count). The van der Waals surface area contributed by atoms with Crippen molar-refractivity contribution in [2.75, 3.05) is 18.0 Å². The molecule has 5 nitrogen and oxygen atoms in total. The van der Waals surface area contributed by atoms with Crippen LogP contribution in [0.4, 0.5) is 5.69 Å². The van der Waals surface area contributed by atoms with Crippen LogP contribution in [-0.4, -0.2) is 34.1 Å². The number of β-amino-alcohol motifs (C(OH)–C–C–N with tert-alkyl or cyclic N) is 1. The third-order valence-corrected chi connectivity index (χ3v) is 4.61. The first-order valence-electron chi connectivity index (χ1n) is 6.63. The lowest BCUT2D eigenvalue weighted by molar-refractivity contribution is 0.198. The Morgan fingerprint density at radius 2 is 2.00 bits per heavy atom. The second-order valence-corrected chi connectivity index (χ2v) is 6.24. The van der Waals surface area contributed by atoms with E-state index in [1.54, 1.807) is 18.2 Å². The van der Waals surface area contributed by atoms with Crippen molar-refractivity contribution in [3.63, 3.8) is 0 Å². The molecule has 1 aromatic heterocycles. The number of rotatable bonds is 2. The fourth-order valence-corrected chi connectivity index (χ4v) is 2.99. The van der Waals surface area contributed by atoms with Gasteiger partial charge in [-0.15, -0.1) is 0 Å². The molecule has 0 unspecified atom stereocenters. The van der Waals surface area contributed by atoms with Gasteiger partial charge in [0.1, 0.15) is 5.02 Å². The average Bonchev–Trinajstić information content (AvgIpc) is 2.91. The van der Waals surface area contributed by atoms with Crippen molar-refractivity contribution >= 4 is 40.5 Å². The van der Waals surface area contributed by atoms with Gasteiger partial charge in [-0.05, 0) is 24.6 Å². The summed E-state index contributed by atoms with van der Waals surface area (Å²) in [5.41, 5.74) is 0.807. The molecule has 0 bridgehead atoms. The van der Waals surface area contributed by atoms with Crippen LogP contribution in [0.25, 0.3) is 5.69 Å². The molecule has 1 fully saturated rings. The standard InChI is InChI=1S/C14H12Cl3N3O2/c15-10-5-8(20-14(22)13(17)11(16)6-18-20)1-2-12(10)19-4-3-9(21)7-19/h1-2,5-6,9,21H,3-4,7H2/t9-/m1/s1. The summed E-state index contributed by atoms with van der Waals surface area (Å²) in [7, 11) is 0. The summed E-state index contributed by atoms with van der Waals surface area (Å²) in [6, 6.07) is 5.16. The van der Waals surface area contributed by atoms with Crippen LogP contribution in [0.5, 0.6) is 0 Å². The Kier molecular flexibility index (Phi) is 4.32. The minimum absolute atomic E-state index is 0.0838. The number of benzene rings is 1. The lowest BCUT2D eigenvalue weighted by Gasteiger charge is -2.20. The van der Waals surface area contributed by atoms with Crippen LogP contribution >= 0.6 is 34.8 Å². The largest absolute Gasteiger partial charge is 0.391 e. The van der Waals surface area contributed by atoms with Gasteiger partial charge in [-0.3, -0.25) is 4.79 Å².